The van der Waals surface area contributed by atoms with E-state index in [-0.39, 0.29) is 24.2 Å². The Morgan fingerprint density at radius 1 is 1.00 bits per heavy atom. The summed E-state index contributed by atoms with van der Waals surface area (Å²) in [6.45, 7) is 1.32. The summed E-state index contributed by atoms with van der Waals surface area (Å²) < 4.78 is 41.7. The van der Waals surface area contributed by atoms with Crippen molar-refractivity contribution in [2.75, 3.05) is 23.7 Å². The van der Waals surface area contributed by atoms with Crippen molar-refractivity contribution in [3.63, 3.8) is 0 Å². The van der Waals surface area contributed by atoms with Crippen LogP contribution in [0.4, 0.5) is 10.1 Å². The van der Waals surface area contributed by atoms with E-state index >= 15 is 0 Å². The van der Waals surface area contributed by atoms with Crippen LogP contribution >= 0.6 is 15.9 Å². The Kier molecular flexibility index (Phi) is 9.82. The zero-order valence-corrected chi connectivity index (χ0v) is 23.0. The van der Waals surface area contributed by atoms with E-state index in [1.165, 1.54) is 23.1 Å². The lowest BCUT2D eigenvalue weighted by molar-refractivity contribution is -0.140. The first kappa shape index (κ1) is 28.3. The monoisotopic (exact) mass is 589 g/mol. The molecular weight excluding hydrogens is 561 g/mol. The van der Waals surface area contributed by atoms with Crippen LogP contribution in [0.5, 0.6) is 0 Å². The molecule has 0 aliphatic carbocycles. The van der Waals surface area contributed by atoms with Gasteiger partial charge < -0.3 is 10.2 Å². The second kappa shape index (κ2) is 12.8. The van der Waals surface area contributed by atoms with Crippen molar-refractivity contribution in [3.8, 4) is 0 Å². The van der Waals surface area contributed by atoms with Crippen molar-refractivity contribution >= 4 is 43.5 Å². The van der Waals surface area contributed by atoms with E-state index < -0.39 is 40.2 Å². The minimum Gasteiger partial charge on any atom is -0.355 e. The molecule has 0 radical (unpaired) electrons. The topological polar surface area (TPSA) is 86.8 Å². The van der Waals surface area contributed by atoms with Crippen LogP contribution in [-0.2, 0) is 32.6 Å². The maximum Gasteiger partial charge on any atom is 0.244 e. The van der Waals surface area contributed by atoms with Crippen LogP contribution in [0.15, 0.2) is 83.3 Å². The van der Waals surface area contributed by atoms with Crippen molar-refractivity contribution in [3.05, 3.63) is 100 Å². The van der Waals surface area contributed by atoms with E-state index in [1.54, 1.807) is 37.3 Å². The Labute approximate surface area is 225 Å². The fourth-order valence-electron chi connectivity index (χ4n) is 3.90. The summed E-state index contributed by atoms with van der Waals surface area (Å²) in [5, 5.41) is 2.76. The summed E-state index contributed by atoms with van der Waals surface area (Å²) in [4.78, 5) is 28.3. The molecule has 0 saturated carbocycles. The number of hydrogen-bond donors (Lipinski definition) is 1. The second-order valence-electron chi connectivity index (χ2n) is 8.46. The molecule has 3 aromatic rings. The zero-order chi connectivity index (χ0) is 27.0. The summed E-state index contributed by atoms with van der Waals surface area (Å²) in [7, 11) is -3.87. The van der Waals surface area contributed by atoms with E-state index in [9.17, 15) is 22.4 Å². The molecule has 0 aromatic heterocycles. The predicted octanol–water partition coefficient (Wildman–Crippen LogP) is 4.13. The third-order valence-corrected chi connectivity index (χ3v) is 7.33. The van der Waals surface area contributed by atoms with Crippen LogP contribution < -0.4 is 9.62 Å². The number of amides is 2. The zero-order valence-electron chi connectivity index (χ0n) is 20.6. The van der Waals surface area contributed by atoms with Crippen LogP contribution in [0, 0.1) is 5.82 Å². The van der Waals surface area contributed by atoms with Crippen molar-refractivity contribution in [2.45, 2.75) is 25.9 Å². The van der Waals surface area contributed by atoms with Gasteiger partial charge in [0.1, 0.15) is 18.4 Å². The molecule has 3 rings (SSSR count). The lowest BCUT2D eigenvalue weighted by atomic mass is 10.0. The lowest BCUT2D eigenvalue weighted by Gasteiger charge is -2.33. The molecule has 0 saturated heterocycles. The number of nitrogens with zero attached hydrogens (tertiary/aromatic N) is 2. The van der Waals surface area contributed by atoms with Gasteiger partial charge in [-0.3, -0.25) is 13.9 Å². The molecule has 0 unspecified atom stereocenters. The molecule has 7 nitrogen and oxygen atoms in total. The summed E-state index contributed by atoms with van der Waals surface area (Å²) >= 11 is 3.33. The van der Waals surface area contributed by atoms with Crippen molar-refractivity contribution < 1.29 is 22.4 Å². The maximum absolute atomic E-state index is 14.7. The Bertz CT molecular complexity index is 1340. The molecule has 3 aromatic carbocycles. The van der Waals surface area contributed by atoms with Crippen LogP contribution in [0.3, 0.4) is 0 Å². The number of carbonyl (C=O) groups excluding carboxylic acids is 2. The van der Waals surface area contributed by atoms with Crippen molar-refractivity contribution in [1.82, 2.24) is 10.2 Å². The Morgan fingerprint density at radius 2 is 1.68 bits per heavy atom. The van der Waals surface area contributed by atoms with Gasteiger partial charge in [0.05, 0.1) is 11.9 Å². The summed E-state index contributed by atoms with van der Waals surface area (Å²) in [5.74, 6) is -1.58. The molecule has 1 atom stereocenters. The highest BCUT2D eigenvalue weighted by Crippen LogP contribution is 2.23. The highest BCUT2D eigenvalue weighted by molar-refractivity contribution is 9.10. The number of hydrogen-bond acceptors (Lipinski definition) is 4. The first-order chi connectivity index (χ1) is 17.6. The van der Waals surface area contributed by atoms with Crippen molar-refractivity contribution in [2.24, 2.45) is 0 Å². The maximum atomic E-state index is 14.7. The molecule has 0 bridgehead atoms. The van der Waals surface area contributed by atoms with E-state index in [1.807, 2.05) is 30.3 Å². The first-order valence-electron chi connectivity index (χ1n) is 11.7. The number of carbonyl (C=O) groups is 2. The number of sulfonamides is 1. The van der Waals surface area contributed by atoms with Gasteiger partial charge >= 0.3 is 0 Å². The van der Waals surface area contributed by atoms with Gasteiger partial charge in [-0.05, 0) is 36.8 Å². The van der Waals surface area contributed by atoms with Gasteiger partial charge in [-0.1, -0.05) is 70.5 Å². The number of anilines is 1. The van der Waals surface area contributed by atoms with E-state index in [2.05, 4.69) is 21.2 Å². The third kappa shape index (κ3) is 7.87. The number of likely N-dealkylation sites (N-methyl/N-ethyl adjacent to an activating group) is 1. The summed E-state index contributed by atoms with van der Waals surface area (Å²) in [5.41, 5.74) is 1.30. The molecule has 196 valence electrons. The van der Waals surface area contributed by atoms with E-state index in [0.29, 0.717) is 11.0 Å². The van der Waals surface area contributed by atoms with Crippen LogP contribution in [0.1, 0.15) is 18.1 Å². The number of halogens is 2. The normalized spacial score (nSPS) is 12.0. The smallest absolute Gasteiger partial charge is 0.244 e. The molecule has 0 aliphatic heterocycles. The van der Waals surface area contributed by atoms with Crippen molar-refractivity contribution in [1.29, 1.82) is 0 Å². The molecule has 1 N–H and O–H groups in total. The largest absolute Gasteiger partial charge is 0.355 e. The molecule has 10 heteroatoms. The first-order valence-corrected chi connectivity index (χ1v) is 14.3. The quantitative estimate of drug-likeness (QED) is 0.364. The third-order valence-electron chi connectivity index (χ3n) is 5.70. The summed E-state index contributed by atoms with van der Waals surface area (Å²) in [6.07, 6.45) is 1.18. The fourth-order valence-corrected chi connectivity index (χ4v) is 5.13. The molecular formula is C27H29BrFN3O4S. The van der Waals surface area contributed by atoms with Crippen LogP contribution in [0.2, 0.25) is 0 Å². The number of benzene rings is 3. The van der Waals surface area contributed by atoms with Crippen LogP contribution in [-0.4, -0.2) is 50.5 Å². The SMILES string of the molecule is CCNC(=O)[C@@H](Cc1ccccc1)N(Cc1ccccc1F)C(=O)CN(c1cccc(Br)c1)S(C)(=O)=O. The molecule has 0 aliphatic rings. The van der Waals surface area contributed by atoms with Gasteiger partial charge in [0.2, 0.25) is 21.8 Å². The fraction of sp³-hybridized carbons (Fsp3) is 0.259. The Morgan fingerprint density at radius 3 is 2.30 bits per heavy atom. The van der Waals surface area contributed by atoms with E-state index in [4.69, 9.17) is 0 Å². The second-order valence-corrected chi connectivity index (χ2v) is 11.3. The van der Waals surface area contributed by atoms with Gasteiger partial charge in [0.15, 0.2) is 0 Å². The lowest BCUT2D eigenvalue weighted by Crippen LogP contribution is -2.53. The van der Waals surface area contributed by atoms with Gasteiger partial charge in [0.25, 0.3) is 0 Å². The molecule has 0 spiro atoms. The molecule has 37 heavy (non-hydrogen) atoms. The highest BCUT2D eigenvalue weighted by Gasteiger charge is 2.33. The Balaban J connectivity index is 2.05. The molecule has 0 fully saturated rings. The standard InChI is InChI=1S/C27H29BrFN3O4S/c1-3-30-27(34)25(16-20-10-5-4-6-11-20)31(18-21-12-7-8-15-24(21)29)26(33)19-32(37(2,35)36)23-14-9-13-22(28)17-23/h4-15,17,25H,3,16,18-19H2,1-2H3,(H,30,34)/t25-/m1/s1. The minimum absolute atomic E-state index is 0.169. The minimum atomic E-state index is -3.87. The average molecular weight is 591 g/mol. The highest BCUT2D eigenvalue weighted by atomic mass is 79.9. The number of rotatable bonds is 11. The number of nitrogens with one attached hydrogen (secondary N) is 1. The van der Waals surface area contributed by atoms with Gasteiger partial charge in [0, 0.05) is 29.5 Å². The Hall–Kier alpha value is -3.24. The molecule has 0 heterocycles. The van der Waals surface area contributed by atoms with Crippen LogP contribution in [0.25, 0.3) is 0 Å². The molecule has 2 amide bonds. The summed E-state index contributed by atoms with van der Waals surface area (Å²) in [6, 6.07) is 20.7. The van der Waals surface area contributed by atoms with Gasteiger partial charge in [-0.2, -0.15) is 0 Å². The average Bonchev–Trinajstić information content (AvgIpc) is 2.85. The van der Waals surface area contributed by atoms with Gasteiger partial charge in [-0.15, -0.1) is 0 Å². The van der Waals surface area contributed by atoms with Gasteiger partial charge in [-0.25, -0.2) is 12.8 Å². The van der Waals surface area contributed by atoms with E-state index in [0.717, 1.165) is 16.1 Å². The predicted molar refractivity (Wildman–Crippen MR) is 146 cm³/mol.